The number of nitrogens with zero attached hydrogens (tertiary/aromatic N) is 5. The van der Waals surface area contributed by atoms with Crippen LogP contribution < -0.4 is 10.6 Å². The number of aliphatic hydroxyl groups excluding tert-OH is 1. The lowest BCUT2D eigenvalue weighted by molar-refractivity contribution is 0.198. The summed E-state index contributed by atoms with van der Waals surface area (Å²) in [4.78, 5) is 10.5. The van der Waals surface area contributed by atoms with Crippen LogP contribution >= 0.6 is 0 Å². The van der Waals surface area contributed by atoms with Crippen molar-refractivity contribution in [3.05, 3.63) is 54.2 Å². The fraction of sp³-hybridized carbons (Fsp3) is 0.263. The molecule has 0 bridgehead atoms. The van der Waals surface area contributed by atoms with E-state index in [4.69, 9.17) is 11.1 Å². The summed E-state index contributed by atoms with van der Waals surface area (Å²) < 4.78 is 1.73. The summed E-state index contributed by atoms with van der Waals surface area (Å²) in [6.07, 6.45) is 5.53. The highest BCUT2D eigenvalue weighted by molar-refractivity contribution is 6.13. The topological polar surface area (TPSA) is 117 Å². The van der Waals surface area contributed by atoms with Gasteiger partial charge in [-0.15, -0.1) is 0 Å². The summed E-state index contributed by atoms with van der Waals surface area (Å²) in [5.74, 6) is 0.711. The maximum Gasteiger partial charge on any atom is 0.132 e. The van der Waals surface area contributed by atoms with Crippen molar-refractivity contribution in [1.82, 2.24) is 19.7 Å². The Morgan fingerprint density at radius 2 is 2.11 bits per heavy atom. The van der Waals surface area contributed by atoms with Crippen molar-refractivity contribution in [2.45, 2.75) is 12.5 Å². The number of hydrogen-bond donors (Lipinski definition) is 3. The van der Waals surface area contributed by atoms with Crippen LogP contribution in [0.5, 0.6) is 0 Å². The summed E-state index contributed by atoms with van der Waals surface area (Å²) >= 11 is 0. The molecular weight excluding hydrogens is 342 g/mol. The van der Waals surface area contributed by atoms with Crippen molar-refractivity contribution in [2.24, 2.45) is 7.05 Å². The van der Waals surface area contributed by atoms with Gasteiger partial charge in [-0.2, -0.15) is 5.10 Å². The molecule has 1 fully saturated rings. The fourth-order valence-corrected chi connectivity index (χ4v) is 3.27. The molecule has 0 aliphatic carbocycles. The Kier molecular flexibility index (Phi) is 4.33. The zero-order valence-electron chi connectivity index (χ0n) is 15.0. The van der Waals surface area contributed by atoms with E-state index < -0.39 is 0 Å². The molecule has 138 valence electrons. The van der Waals surface area contributed by atoms with E-state index in [2.05, 4.69) is 15.1 Å². The highest BCUT2D eigenvalue weighted by Crippen LogP contribution is 2.26. The SMILES string of the molecule is Cn1cc(-c2ccc(N)c(C(=N)c3cc(N4CCC(O)C4)ncn3)c2)cn1. The molecule has 1 aromatic carbocycles. The molecule has 0 amide bonds. The molecule has 3 heterocycles. The average Bonchev–Trinajstić information content (AvgIpc) is 3.30. The molecule has 0 saturated carbocycles. The van der Waals surface area contributed by atoms with Crippen LogP contribution in [0.15, 0.2) is 43.0 Å². The number of nitrogens with one attached hydrogen (secondary N) is 1. The van der Waals surface area contributed by atoms with Crippen molar-refractivity contribution in [2.75, 3.05) is 23.7 Å². The number of hydrogen-bond acceptors (Lipinski definition) is 7. The van der Waals surface area contributed by atoms with Crippen LogP contribution in [-0.4, -0.2) is 49.8 Å². The Balaban J connectivity index is 1.66. The molecule has 1 saturated heterocycles. The summed E-state index contributed by atoms with van der Waals surface area (Å²) in [5, 5.41) is 22.6. The molecule has 27 heavy (non-hydrogen) atoms. The lowest BCUT2D eigenvalue weighted by Gasteiger charge is -2.17. The number of aliphatic hydroxyl groups is 1. The Hall–Kier alpha value is -3.26. The van der Waals surface area contributed by atoms with Crippen LogP contribution in [-0.2, 0) is 7.05 Å². The van der Waals surface area contributed by atoms with Gasteiger partial charge >= 0.3 is 0 Å². The number of aryl methyl sites for hydroxylation is 1. The van der Waals surface area contributed by atoms with Crippen molar-refractivity contribution >= 4 is 17.2 Å². The van der Waals surface area contributed by atoms with E-state index in [0.717, 1.165) is 24.1 Å². The minimum Gasteiger partial charge on any atom is -0.398 e. The van der Waals surface area contributed by atoms with Crippen LogP contribution in [0, 0.1) is 5.41 Å². The minimum absolute atomic E-state index is 0.238. The van der Waals surface area contributed by atoms with Crippen molar-refractivity contribution < 1.29 is 5.11 Å². The van der Waals surface area contributed by atoms with E-state index in [1.54, 1.807) is 23.0 Å². The maximum atomic E-state index is 9.74. The van der Waals surface area contributed by atoms with E-state index in [-0.39, 0.29) is 11.8 Å². The third kappa shape index (κ3) is 3.39. The molecule has 4 N–H and O–H groups in total. The lowest BCUT2D eigenvalue weighted by Crippen LogP contribution is -2.23. The second-order valence-corrected chi connectivity index (χ2v) is 6.73. The molecule has 3 aromatic rings. The molecule has 1 atom stereocenters. The predicted molar refractivity (Wildman–Crippen MR) is 104 cm³/mol. The summed E-state index contributed by atoms with van der Waals surface area (Å²) in [6.45, 7) is 1.28. The maximum absolute atomic E-state index is 9.74. The molecule has 0 spiro atoms. The summed E-state index contributed by atoms with van der Waals surface area (Å²) in [5.41, 5.74) is 9.90. The highest BCUT2D eigenvalue weighted by atomic mass is 16.3. The van der Waals surface area contributed by atoms with Gasteiger partial charge in [0.15, 0.2) is 0 Å². The zero-order valence-corrected chi connectivity index (χ0v) is 15.0. The molecule has 8 nitrogen and oxygen atoms in total. The Morgan fingerprint density at radius 3 is 2.81 bits per heavy atom. The van der Waals surface area contributed by atoms with Crippen LogP contribution in [0.4, 0.5) is 11.5 Å². The first-order valence-electron chi connectivity index (χ1n) is 8.74. The van der Waals surface area contributed by atoms with Gasteiger partial charge in [0.05, 0.1) is 23.7 Å². The standard InChI is InChI=1S/C19H21N7O/c1-25-9-13(8-24-25)12-2-3-16(20)15(6-12)19(21)17-7-18(23-11-22-17)26-5-4-14(27)10-26/h2-3,6-9,11,14,21,27H,4-5,10,20H2,1H3. The molecule has 1 unspecified atom stereocenters. The molecule has 1 aliphatic rings. The number of nitrogen functional groups attached to an aromatic ring is 1. The monoisotopic (exact) mass is 363 g/mol. The van der Waals surface area contributed by atoms with Gasteiger partial charge < -0.3 is 15.7 Å². The molecule has 0 radical (unpaired) electrons. The normalized spacial score (nSPS) is 16.7. The first kappa shape index (κ1) is 17.2. The predicted octanol–water partition coefficient (Wildman–Crippen LogP) is 1.45. The average molecular weight is 363 g/mol. The fourth-order valence-electron chi connectivity index (χ4n) is 3.27. The van der Waals surface area contributed by atoms with Gasteiger partial charge in [-0.1, -0.05) is 6.07 Å². The van der Waals surface area contributed by atoms with Crippen molar-refractivity contribution in [1.29, 1.82) is 5.41 Å². The number of anilines is 2. The van der Waals surface area contributed by atoms with Gasteiger partial charge in [0.1, 0.15) is 12.1 Å². The quantitative estimate of drug-likeness (QED) is 0.477. The van der Waals surface area contributed by atoms with E-state index >= 15 is 0 Å². The zero-order chi connectivity index (χ0) is 19.0. The largest absolute Gasteiger partial charge is 0.398 e. The molecule has 1 aliphatic heterocycles. The smallest absolute Gasteiger partial charge is 0.132 e. The second kappa shape index (κ2) is 6.81. The van der Waals surface area contributed by atoms with E-state index in [9.17, 15) is 5.11 Å². The van der Waals surface area contributed by atoms with Gasteiger partial charge in [0, 0.05) is 49.2 Å². The van der Waals surface area contributed by atoms with E-state index in [0.29, 0.717) is 29.3 Å². The van der Waals surface area contributed by atoms with Crippen LogP contribution in [0.3, 0.4) is 0 Å². The van der Waals surface area contributed by atoms with Gasteiger partial charge in [0.2, 0.25) is 0 Å². The van der Waals surface area contributed by atoms with Crippen molar-refractivity contribution in [3.8, 4) is 11.1 Å². The first-order valence-corrected chi connectivity index (χ1v) is 8.74. The van der Waals surface area contributed by atoms with Crippen molar-refractivity contribution in [3.63, 3.8) is 0 Å². The summed E-state index contributed by atoms with van der Waals surface area (Å²) in [7, 11) is 1.86. The number of nitrogens with two attached hydrogens (primary N) is 1. The first-order chi connectivity index (χ1) is 13.0. The van der Waals surface area contributed by atoms with Crippen LogP contribution in [0.1, 0.15) is 17.7 Å². The van der Waals surface area contributed by atoms with Gasteiger partial charge in [-0.05, 0) is 24.1 Å². The molecule has 8 heteroatoms. The number of β-amino-alcohol motifs (C(OH)–C–C–N with tert-alkyl or cyclic N) is 1. The van der Waals surface area contributed by atoms with E-state index in [1.807, 2.05) is 30.3 Å². The molecule has 4 rings (SSSR count). The van der Waals surface area contributed by atoms with Gasteiger partial charge in [-0.3, -0.25) is 10.1 Å². The minimum atomic E-state index is -0.338. The highest BCUT2D eigenvalue weighted by Gasteiger charge is 2.22. The van der Waals surface area contributed by atoms with Gasteiger partial charge in [0.25, 0.3) is 0 Å². The Bertz CT molecular complexity index is 997. The Labute approximate surface area is 156 Å². The number of benzene rings is 1. The molecular formula is C19H21N7O. The lowest BCUT2D eigenvalue weighted by atomic mass is 9.99. The summed E-state index contributed by atoms with van der Waals surface area (Å²) in [6, 6.07) is 7.37. The third-order valence-corrected chi connectivity index (χ3v) is 4.76. The number of aromatic nitrogens is 4. The molecule has 2 aromatic heterocycles. The van der Waals surface area contributed by atoms with Crippen LogP contribution in [0.25, 0.3) is 11.1 Å². The third-order valence-electron chi connectivity index (χ3n) is 4.76. The van der Waals surface area contributed by atoms with Gasteiger partial charge in [-0.25, -0.2) is 9.97 Å². The van der Waals surface area contributed by atoms with E-state index in [1.165, 1.54) is 6.33 Å². The Morgan fingerprint density at radius 1 is 1.26 bits per heavy atom. The second-order valence-electron chi connectivity index (χ2n) is 6.73. The van der Waals surface area contributed by atoms with Crippen LogP contribution in [0.2, 0.25) is 0 Å². The number of rotatable bonds is 4.